The van der Waals surface area contributed by atoms with Crippen LogP contribution in [0.2, 0.25) is 0 Å². The van der Waals surface area contributed by atoms with Gasteiger partial charge in [0.15, 0.2) is 5.38 Å². The predicted octanol–water partition coefficient (Wildman–Crippen LogP) is 2.57. The number of azo groups is 1. The number of alkyl halides is 1. The van der Waals surface area contributed by atoms with Gasteiger partial charge in [-0.25, -0.2) is 0 Å². The maximum absolute atomic E-state index is 11.6. The van der Waals surface area contributed by atoms with Crippen LogP contribution in [0.5, 0.6) is 5.75 Å². The third kappa shape index (κ3) is 3.03. The van der Waals surface area contributed by atoms with Crippen LogP contribution in [0.25, 0.3) is 0 Å². The highest BCUT2D eigenvalue weighted by atomic mass is 35.5. The second-order valence-corrected chi connectivity index (χ2v) is 6.76. The molecule has 1 unspecified atom stereocenters. The molecule has 0 spiro atoms. The normalized spacial score (nSPS) is 24.0. The van der Waals surface area contributed by atoms with Crippen molar-refractivity contribution in [2.24, 2.45) is 10.2 Å². The van der Waals surface area contributed by atoms with E-state index in [0.29, 0.717) is 12.2 Å². The van der Waals surface area contributed by atoms with Crippen LogP contribution in [-0.2, 0) is 17.9 Å². The van der Waals surface area contributed by atoms with Crippen molar-refractivity contribution in [3.05, 3.63) is 41.2 Å². The number of rotatable bonds is 3. The zero-order valence-corrected chi connectivity index (χ0v) is 14.0. The molecule has 24 heavy (non-hydrogen) atoms. The van der Waals surface area contributed by atoms with E-state index in [9.17, 15) is 4.79 Å². The molecule has 4 rings (SSSR count). The van der Waals surface area contributed by atoms with Crippen LogP contribution in [0.3, 0.4) is 0 Å². The number of ether oxygens (including phenoxy) is 1. The fourth-order valence-corrected chi connectivity index (χ4v) is 3.60. The summed E-state index contributed by atoms with van der Waals surface area (Å²) >= 11 is 6.17. The van der Waals surface area contributed by atoms with E-state index in [0.717, 1.165) is 38.2 Å². The molecule has 3 aliphatic heterocycles. The average Bonchev–Trinajstić information content (AvgIpc) is 3.01. The van der Waals surface area contributed by atoms with Gasteiger partial charge in [-0.3, -0.25) is 4.79 Å². The van der Waals surface area contributed by atoms with Gasteiger partial charge in [0.1, 0.15) is 11.9 Å². The minimum Gasteiger partial charge on any atom is -0.490 e. The van der Waals surface area contributed by atoms with Gasteiger partial charge in [-0.05, 0) is 49.2 Å². The largest absolute Gasteiger partial charge is 0.490 e. The SMILES string of the molecule is O=C1N=NC=C(N2Cc3ccc(OC4CCNCC4)cc3C2)C1Cl. The fourth-order valence-electron chi connectivity index (χ4n) is 3.36. The van der Waals surface area contributed by atoms with Crippen LogP contribution < -0.4 is 10.1 Å². The first-order chi connectivity index (χ1) is 11.7. The number of piperidine rings is 1. The number of halogens is 1. The smallest absolute Gasteiger partial charge is 0.288 e. The topological polar surface area (TPSA) is 66.3 Å². The zero-order valence-electron chi connectivity index (χ0n) is 13.2. The van der Waals surface area contributed by atoms with Gasteiger partial charge in [-0.15, -0.1) is 16.7 Å². The molecule has 0 saturated carbocycles. The molecule has 6 nitrogen and oxygen atoms in total. The molecule has 7 heteroatoms. The average molecular weight is 347 g/mol. The summed E-state index contributed by atoms with van der Waals surface area (Å²) in [4.78, 5) is 13.7. The number of hydrogen-bond acceptors (Lipinski definition) is 5. The summed E-state index contributed by atoms with van der Waals surface area (Å²) in [6, 6.07) is 6.23. The van der Waals surface area contributed by atoms with Gasteiger partial charge in [0.25, 0.3) is 5.91 Å². The Kier molecular flexibility index (Phi) is 4.24. The highest BCUT2D eigenvalue weighted by Gasteiger charge is 2.31. The van der Waals surface area contributed by atoms with E-state index in [1.54, 1.807) is 6.20 Å². The Balaban J connectivity index is 1.47. The van der Waals surface area contributed by atoms with Gasteiger partial charge in [0.2, 0.25) is 0 Å². The van der Waals surface area contributed by atoms with Crippen LogP contribution in [0.15, 0.2) is 40.3 Å². The van der Waals surface area contributed by atoms with Crippen LogP contribution in [0, 0.1) is 0 Å². The van der Waals surface area contributed by atoms with Crippen LogP contribution >= 0.6 is 11.6 Å². The predicted molar refractivity (Wildman–Crippen MR) is 89.8 cm³/mol. The van der Waals surface area contributed by atoms with Crippen molar-refractivity contribution in [1.29, 1.82) is 0 Å². The molecule has 1 aromatic carbocycles. The quantitative estimate of drug-likeness (QED) is 0.854. The Morgan fingerprint density at radius 3 is 2.83 bits per heavy atom. The van der Waals surface area contributed by atoms with Crippen molar-refractivity contribution >= 4 is 17.5 Å². The van der Waals surface area contributed by atoms with Crippen molar-refractivity contribution in [2.45, 2.75) is 37.4 Å². The number of nitrogens with one attached hydrogen (secondary N) is 1. The van der Waals surface area contributed by atoms with Gasteiger partial charge in [-0.2, -0.15) is 5.11 Å². The number of carbonyl (C=O) groups is 1. The minimum atomic E-state index is -0.748. The van der Waals surface area contributed by atoms with Crippen molar-refractivity contribution in [3.63, 3.8) is 0 Å². The minimum absolute atomic E-state index is 0.285. The molecule has 0 aliphatic carbocycles. The molecular formula is C17H19ClN4O2. The maximum Gasteiger partial charge on any atom is 0.288 e. The fraction of sp³-hybridized carbons (Fsp3) is 0.471. The summed E-state index contributed by atoms with van der Waals surface area (Å²) < 4.78 is 6.11. The molecule has 1 amide bonds. The first kappa shape index (κ1) is 15.6. The highest BCUT2D eigenvalue weighted by molar-refractivity contribution is 6.33. The van der Waals surface area contributed by atoms with Crippen molar-refractivity contribution < 1.29 is 9.53 Å². The van der Waals surface area contributed by atoms with Gasteiger partial charge < -0.3 is 15.0 Å². The summed E-state index contributed by atoms with van der Waals surface area (Å²) in [6.07, 6.45) is 3.94. The molecule has 0 bridgehead atoms. The van der Waals surface area contributed by atoms with E-state index >= 15 is 0 Å². The lowest BCUT2D eigenvalue weighted by Crippen LogP contribution is -2.34. The third-order valence-corrected chi connectivity index (χ3v) is 5.09. The summed E-state index contributed by atoms with van der Waals surface area (Å²) in [5, 5.41) is 9.83. The molecular weight excluding hydrogens is 328 g/mol. The van der Waals surface area contributed by atoms with Gasteiger partial charge in [0, 0.05) is 13.1 Å². The molecule has 1 N–H and O–H groups in total. The Hall–Kier alpha value is -1.92. The third-order valence-electron chi connectivity index (χ3n) is 4.68. The molecule has 1 aromatic rings. The van der Waals surface area contributed by atoms with Gasteiger partial charge in [0.05, 0.1) is 11.9 Å². The monoisotopic (exact) mass is 346 g/mol. The van der Waals surface area contributed by atoms with E-state index in [4.69, 9.17) is 16.3 Å². The van der Waals surface area contributed by atoms with Crippen molar-refractivity contribution in [1.82, 2.24) is 10.2 Å². The van der Waals surface area contributed by atoms with E-state index in [-0.39, 0.29) is 6.10 Å². The molecule has 1 fully saturated rings. The molecule has 1 atom stereocenters. The highest BCUT2D eigenvalue weighted by Crippen LogP contribution is 2.33. The summed E-state index contributed by atoms with van der Waals surface area (Å²) in [6.45, 7) is 3.45. The number of benzene rings is 1. The number of fused-ring (bicyclic) bond motifs is 1. The number of nitrogens with zero attached hydrogens (tertiary/aromatic N) is 3. The summed E-state index contributed by atoms with van der Waals surface area (Å²) in [5.41, 5.74) is 3.15. The Morgan fingerprint density at radius 1 is 1.21 bits per heavy atom. The molecule has 0 radical (unpaired) electrons. The van der Waals surface area contributed by atoms with Gasteiger partial charge in [-0.1, -0.05) is 6.07 Å². The van der Waals surface area contributed by atoms with E-state index in [2.05, 4.69) is 32.6 Å². The Labute approximate surface area is 145 Å². The van der Waals surface area contributed by atoms with Crippen LogP contribution in [0.1, 0.15) is 24.0 Å². The lowest BCUT2D eigenvalue weighted by atomic mass is 10.1. The zero-order chi connectivity index (χ0) is 16.5. The van der Waals surface area contributed by atoms with E-state index in [1.807, 2.05) is 6.07 Å². The summed E-state index contributed by atoms with van der Waals surface area (Å²) in [7, 11) is 0. The molecule has 3 heterocycles. The molecule has 126 valence electrons. The number of amides is 1. The summed E-state index contributed by atoms with van der Waals surface area (Å²) in [5.74, 6) is 0.512. The first-order valence-electron chi connectivity index (χ1n) is 8.23. The van der Waals surface area contributed by atoms with Crippen molar-refractivity contribution in [3.8, 4) is 5.75 Å². The number of carbonyl (C=O) groups excluding carboxylic acids is 1. The Bertz CT molecular complexity index is 713. The first-order valence-corrected chi connectivity index (χ1v) is 8.67. The number of hydrogen-bond donors (Lipinski definition) is 1. The molecule has 0 aromatic heterocycles. The lowest BCUT2D eigenvalue weighted by molar-refractivity contribution is -0.117. The Morgan fingerprint density at radius 2 is 2.00 bits per heavy atom. The lowest BCUT2D eigenvalue weighted by Gasteiger charge is -2.24. The van der Waals surface area contributed by atoms with Gasteiger partial charge >= 0.3 is 0 Å². The standard InChI is InChI=1S/C17H19ClN4O2/c18-16-15(8-20-21-17(16)23)22-9-11-1-2-14(7-12(11)10-22)24-13-3-5-19-6-4-13/h1-2,7-8,13,16,19H,3-6,9-10H2. The molecule has 3 aliphatic rings. The second-order valence-electron chi connectivity index (χ2n) is 6.32. The van der Waals surface area contributed by atoms with E-state index in [1.165, 1.54) is 11.1 Å². The van der Waals surface area contributed by atoms with E-state index < -0.39 is 11.3 Å². The van der Waals surface area contributed by atoms with Crippen LogP contribution in [0.4, 0.5) is 0 Å². The van der Waals surface area contributed by atoms with Crippen molar-refractivity contribution in [2.75, 3.05) is 13.1 Å². The second kappa shape index (κ2) is 6.53. The van der Waals surface area contributed by atoms with Crippen LogP contribution in [-0.4, -0.2) is 35.4 Å². The maximum atomic E-state index is 11.6. The molecule has 1 saturated heterocycles.